The Morgan fingerprint density at radius 1 is 0.731 bits per heavy atom. The van der Waals surface area contributed by atoms with Gasteiger partial charge in [0.05, 0.1) is 16.9 Å². The number of aromatic nitrogens is 1. The maximum atomic E-state index is 6.99. The summed E-state index contributed by atoms with van der Waals surface area (Å²) in [6, 6.07) is 38.1. The number of nitrogens with zero attached hydrogens (tertiary/aromatic N) is 2. The summed E-state index contributed by atoms with van der Waals surface area (Å²) < 4.78 is 9.53. The Hall–Kier alpha value is -5.42. The normalized spacial score (nSPS) is 15.5. The van der Waals surface area contributed by atoms with Crippen LogP contribution < -0.4 is 21.3 Å². The van der Waals surface area contributed by atoms with Gasteiger partial charge in [0.25, 0.3) is 0 Å². The molecule has 8 aromatic rings. The van der Waals surface area contributed by atoms with Crippen LogP contribution in [0, 0.1) is 6.92 Å². The zero-order valence-corrected chi connectivity index (χ0v) is 31.1. The molecule has 5 heteroatoms. The van der Waals surface area contributed by atoms with Crippen LogP contribution in [0.3, 0.4) is 0 Å². The Bertz CT molecular complexity index is 2780. The minimum Gasteiger partial charge on any atom is -0.469 e. The average molecular weight is 677 g/mol. The fraction of sp³-hybridized carbons (Fsp3) is 0.234. The molecule has 0 amide bonds. The van der Waals surface area contributed by atoms with Crippen molar-refractivity contribution in [2.45, 2.75) is 58.3 Å². The van der Waals surface area contributed by atoms with Crippen molar-refractivity contribution in [1.29, 1.82) is 0 Å². The lowest BCUT2D eigenvalue weighted by Gasteiger charge is -2.41. The lowest BCUT2D eigenvalue weighted by Crippen LogP contribution is -2.36. The van der Waals surface area contributed by atoms with Gasteiger partial charge in [-0.15, -0.1) is 0 Å². The van der Waals surface area contributed by atoms with Crippen LogP contribution in [0.15, 0.2) is 108 Å². The van der Waals surface area contributed by atoms with Gasteiger partial charge in [0, 0.05) is 58.4 Å². The Morgan fingerprint density at radius 3 is 2.13 bits per heavy atom. The van der Waals surface area contributed by atoms with E-state index >= 15 is 0 Å². The Balaban J connectivity index is 1.27. The lowest BCUT2D eigenvalue weighted by atomic mass is 9.61. The van der Waals surface area contributed by atoms with Gasteiger partial charge in [0.15, 0.2) is 0 Å². The maximum Gasteiger partial charge on any atom is 0.247 e. The molecule has 3 heterocycles. The molecule has 0 spiro atoms. The number of hydrogen-bond acceptors (Lipinski definition) is 3. The molecule has 0 unspecified atom stereocenters. The molecule has 0 bridgehead atoms. The summed E-state index contributed by atoms with van der Waals surface area (Å²) in [6.07, 6.45) is 2.34. The van der Waals surface area contributed by atoms with Crippen LogP contribution in [0.4, 0.5) is 17.1 Å². The number of nitrogens with one attached hydrogen (secondary N) is 1. The van der Waals surface area contributed by atoms with Crippen molar-refractivity contribution < 1.29 is 4.42 Å². The predicted octanol–water partition coefficient (Wildman–Crippen LogP) is 10.8. The first-order valence-electron chi connectivity index (χ1n) is 18.6. The van der Waals surface area contributed by atoms with Crippen molar-refractivity contribution in [3.63, 3.8) is 0 Å². The summed E-state index contributed by atoms with van der Waals surface area (Å²) in [5, 5.41) is 10.0. The minimum absolute atomic E-state index is 0.0943. The summed E-state index contributed by atoms with van der Waals surface area (Å²) in [5.74, 6) is 0. The van der Waals surface area contributed by atoms with Gasteiger partial charge in [-0.1, -0.05) is 76.2 Å². The molecule has 1 N–H and O–H groups in total. The molecule has 2 aliphatic rings. The van der Waals surface area contributed by atoms with E-state index in [2.05, 4.69) is 174 Å². The highest BCUT2D eigenvalue weighted by Gasteiger charge is 2.39. The maximum absolute atomic E-state index is 6.99. The minimum atomic E-state index is 0.0943. The molecule has 1 aliphatic carbocycles. The van der Waals surface area contributed by atoms with E-state index in [4.69, 9.17) is 4.42 Å². The highest BCUT2D eigenvalue weighted by atomic mass is 16.3. The second kappa shape index (κ2) is 10.8. The van der Waals surface area contributed by atoms with Crippen LogP contribution in [0.1, 0.15) is 57.2 Å². The Labute approximate surface area is 306 Å². The first-order chi connectivity index (χ1) is 25.0. The summed E-state index contributed by atoms with van der Waals surface area (Å²) in [4.78, 5) is 2.13. The van der Waals surface area contributed by atoms with E-state index in [1.54, 1.807) is 0 Å². The number of furan rings is 1. The summed E-state index contributed by atoms with van der Waals surface area (Å²) in [6.45, 7) is 11.9. The van der Waals surface area contributed by atoms with Crippen LogP contribution in [0.25, 0.3) is 60.4 Å². The molecular formula is C47H43BN3O. The topological polar surface area (TPSA) is 33.3 Å². The van der Waals surface area contributed by atoms with Crippen molar-refractivity contribution in [3.05, 3.63) is 120 Å². The molecule has 1 radical (unpaired) electrons. The number of aryl methyl sites for hydroxylation is 1. The zero-order chi connectivity index (χ0) is 35.7. The first kappa shape index (κ1) is 31.3. The van der Waals surface area contributed by atoms with Crippen molar-refractivity contribution in [2.75, 3.05) is 24.3 Å². The third-order valence-electron chi connectivity index (χ3n) is 12.2. The average Bonchev–Trinajstić information content (AvgIpc) is 3.66. The quantitative estimate of drug-likeness (QED) is 0.188. The smallest absolute Gasteiger partial charge is 0.247 e. The molecule has 10 rings (SSSR count). The lowest BCUT2D eigenvalue weighted by molar-refractivity contribution is 0.332. The molecule has 4 nitrogen and oxygen atoms in total. The van der Waals surface area contributed by atoms with Gasteiger partial charge in [-0.2, -0.15) is 0 Å². The van der Waals surface area contributed by atoms with Gasteiger partial charge in [-0.3, -0.25) is 0 Å². The van der Waals surface area contributed by atoms with Gasteiger partial charge in [-0.25, -0.2) is 0 Å². The standard InChI is InChI=1S/C47H43BN3O/c1-27-22-33(32-14-10-11-15-38(32)49-30-16-18-31(19-17-30)50(6)7)42-44-41(27)34-23-28-12-8-9-13-29(28)24-39(34)51(44)43-35-25-36-37(26-40(35)52-45(43)48-42)47(4,5)21-20-46(36,2)3/h8-19,22-26,49H,20-21H2,1-7H3. The molecule has 0 saturated carbocycles. The van der Waals surface area contributed by atoms with E-state index in [-0.39, 0.29) is 10.8 Å². The van der Waals surface area contributed by atoms with Crippen LogP contribution in [-0.2, 0) is 10.8 Å². The Morgan fingerprint density at radius 2 is 1.40 bits per heavy atom. The number of anilines is 3. The van der Waals surface area contributed by atoms with E-state index < -0.39 is 0 Å². The van der Waals surface area contributed by atoms with Crippen LogP contribution in [0.5, 0.6) is 0 Å². The van der Waals surface area contributed by atoms with Gasteiger partial charge < -0.3 is 19.2 Å². The fourth-order valence-corrected chi connectivity index (χ4v) is 9.17. The summed E-state index contributed by atoms with van der Waals surface area (Å²) in [5.41, 5.74) is 16.7. The number of para-hydroxylation sites is 1. The second-order valence-corrected chi connectivity index (χ2v) is 16.7. The van der Waals surface area contributed by atoms with Crippen LogP contribution >= 0.6 is 0 Å². The largest absolute Gasteiger partial charge is 0.469 e. The van der Waals surface area contributed by atoms with Gasteiger partial charge >= 0.3 is 0 Å². The molecule has 6 aromatic carbocycles. The molecule has 0 atom stereocenters. The van der Waals surface area contributed by atoms with Gasteiger partial charge in [0.1, 0.15) is 5.58 Å². The highest BCUT2D eigenvalue weighted by Crippen LogP contribution is 2.49. The van der Waals surface area contributed by atoms with Crippen molar-refractivity contribution in [1.82, 2.24) is 4.57 Å². The van der Waals surface area contributed by atoms with E-state index in [1.807, 2.05) is 0 Å². The molecule has 52 heavy (non-hydrogen) atoms. The SMILES string of the molecule is Cc1cc(-c2ccccc2Nc2ccc(N(C)C)cc2)c2c3c1c1cc4ccccc4cc1n3-c1c(oc3cc4c(cc13)C(C)(C)CCC4(C)C)[B]2. The van der Waals surface area contributed by atoms with Crippen LogP contribution in [0.2, 0.25) is 0 Å². The van der Waals surface area contributed by atoms with E-state index in [0.29, 0.717) is 0 Å². The molecule has 255 valence electrons. The zero-order valence-electron chi connectivity index (χ0n) is 31.1. The molecule has 0 fully saturated rings. The van der Waals surface area contributed by atoms with E-state index in [0.717, 1.165) is 33.9 Å². The van der Waals surface area contributed by atoms with Crippen molar-refractivity contribution in [3.8, 4) is 16.8 Å². The summed E-state index contributed by atoms with van der Waals surface area (Å²) >= 11 is 0. The van der Waals surface area contributed by atoms with E-state index in [1.165, 1.54) is 84.2 Å². The van der Waals surface area contributed by atoms with Gasteiger partial charge in [0.2, 0.25) is 7.28 Å². The van der Waals surface area contributed by atoms with Gasteiger partial charge in [-0.05, 0) is 124 Å². The Kier molecular flexibility index (Phi) is 6.51. The van der Waals surface area contributed by atoms with Crippen LogP contribution in [-0.4, -0.2) is 25.9 Å². The van der Waals surface area contributed by atoms with E-state index in [9.17, 15) is 0 Å². The molecule has 2 aromatic heterocycles. The van der Waals surface area contributed by atoms with Crippen molar-refractivity contribution in [2.24, 2.45) is 0 Å². The number of hydrogen-bond donors (Lipinski definition) is 1. The number of rotatable bonds is 4. The third-order valence-corrected chi connectivity index (χ3v) is 12.2. The second-order valence-electron chi connectivity index (χ2n) is 16.7. The molecular weight excluding hydrogens is 633 g/mol. The fourth-order valence-electron chi connectivity index (χ4n) is 9.17. The monoisotopic (exact) mass is 676 g/mol. The molecule has 1 aliphatic heterocycles. The predicted molar refractivity (Wildman–Crippen MR) is 223 cm³/mol. The third kappa shape index (κ3) is 4.47. The van der Waals surface area contributed by atoms with Crippen molar-refractivity contribution >= 4 is 79.0 Å². The number of benzene rings is 6. The summed E-state index contributed by atoms with van der Waals surface area (Å²) in [7, 11) is 6.47. The molecule has 0 saturated heterocycles. The first-order valence-corrected chi connectivity index (χ1v) is 18.6. The highest BCUT2D eigenvalue weighted by molar-refractivity contribution is 6.73. The number of fused-ring (bicyclic) bond motifs is 9.